The zero-order chi connectivity index (χ0) is 17.5. The monoisotopic (exact) mass is 334 g/mol. The van der Waals surface area contributed by atoms with Crippen molar-refractivity contribution in [1.82, 2.24) is 0 Å². The standard InChI is InChI=1S/C18H13F3O3/c1-10(22)16-9-13-11(7-8-15(23-2)17(13)24-16)12-5-3-4-6-14(12)18(19,20)21/h3-9H,1-2H3. The summed E-state index contributed by atoms with van der Waals surface area (Å²) in [6.45, 7) is 1.33. The van der Waals surface area contributed by atoms with Crippen LogP contribution < -0.4 is 4.74 Å². The summed E-state index contributed by atoms with van der Waals surface area (Å²) in [5.74, 6) is 0.106. The minimum Gasteiger partial charge on any atom is -0.493 e. The van der Waals surface area contributed by atoms with Crippen molar-refractivity contribution >= 4 is 16.8 Å². The summed E-state index contributed by atoms with van der Waals surface area (Å²) in [4.78, 5) is 11.6. The number of ether oxygens (including phenoxy) is 1. The first-order valence-corrected chi connectivity index (χ1v) is 7.11. The normalized spacial score (nSPS) is 11.7. The number of benzene rings is 2. The Kier molecular flexibility index (Phi) is 3.83. The molecule has 3 aromatic rings. The molecule has 0 N–H and O–H groups in total. The predicted molar refractivity (Wildman–Crippen MR) is 83.2 cm³/mol. The lowest BCUT2D eigenvalue weighted by Crippen LogP contribution is -2.06. The van der Waals surface area contributed by atoms with Gasteiger partial charge in [0.1, 0.15) is 0 Å². The maximum absolute atomic E-state index is 13.3. The molecule has 0 bridgehead atoms. The van der Waals surface area contributed by atoms with Gasteiger partial charge in [-0.05, 0) is 35.4 Å². The highest BCUT2D eigenvalue weighted by Crippen LogP contribution is 2.42. The molecule has 24 heavy (non-hydrogen) atoms. The van der Waals surface area contributed by atoms with Crippen LogP contribution in [0, 0.1) is 0 Å². The molecule has 0 unspecified atom stereocenters. The van der Waals surface area contributed by atoms with E-state index in [0.717, 1.165) is 6.07 Å². The van der Waals surface area contributed by atoms with E-state index in [-0.39, 0.29) is 22.7 Å². The zero-order valence-electron chi connectivity index (χ0n) is 12.9. The van der Waals surface area contributed by atoms with Gasteiger partial charge >= 0.3 is 6.18 Å². The fourth-order valence-electron chi connectivity index (χ4n) is 2.63. The third-order valence-corrected chi connectivity index (χ3v) is 3.74. The molecule has 0 fully saturated rings. The highest BCUT2D eigenvalue weighted by Gasteiger charge is 2.34. The summed E-state index contributed by atoms with van der Waals surface area (Å²) in [5.41, 5.74) is -0.150. The molecule has 0 aliphatic heterocycles. The van der Waals surface area contributed by atoms with Crippen LogP contribution in [0.3, 0.4) is 0 Å². The van der Waals surface area contributed by atoms with Crippen molar-refractivity contribution in [3.63, 3.8) is 0 Å². The van der Waals surface area contributed by atoms with Crippen LogP contribution in [0.2, 0.25) is 0 Å². The summed E-state index contributed by atoms with van der Waals surface area (Å²) >= 11 is 0. The van der Waals surface area contributed by atoms with Gasteiger partial charge in [-0.25, -0.2) is 0 Å². The number of hydrogen-bond acceptors (Lipinski definition) is 3. The molecular formula is C18H13F3O3. The SMILES string of the molecule is COc1ccc(-c2ccccc2C(F)(F)F)c2cc(C(C)=O)oc12. The predicted octanol–water partition coefficient (Wildman–Crippen LogP) is 5.33. The van der Waals surface area contributed by atoms with Crippen LogP contribution in [-0.2, 0) is 6.18 Å². The second kappa shape index (κ2) is 5.70. The van der Waals surface area contributed by atoms with Crippen molar-refractivity contribution in [3.8, 4) is 16.9 Å². The highest BCUT2D eigenvalue weighted by atomic mass is 19.4. The lowest BCUT2D eigenvalue weighted by Gasteiger charge is -2.14. The Morgan fingerprint density at radius 3 is 2.42 bits per heavy atom. The van der Waals surface area contributed by atoms with Gasteiger partial charge in [0.2, 0.25) is 0 Å². The smallest absolute Gasteiger partial charge is 0.417 e. The topological polar surface area (TPSA) is 39.4 Å². The molecule has 3 rings (SSSR count). The fourth-order valence-corrected chi connectivity index (χ4v) is 2.63. The van der Waals surface area contributed by atoms with Crippen LogP contribution in [0.4, 0.5) is 13.2 Å². The van der Waals surface area contributed by atoms with Gasteiger partial charge in [0.05, 0.1) is 12.7 Å². The summed E-state index contributed by atoms with van der Waals surface area (Å²) in [6.07, 6.45) is -4.49. The minimum atomic E-state index is -4.49. The van der Waals surface area contributed by atoms with E-state index in [1.54, 1.807) is 0 Å². The molecule has 0 aliphatic carbocycles. The lowest BCUT2D eigenvalue weighted by molar-refractivity contribution is -0.137. The summed E-state index contributed by atoms with van der Waals surface area (Å²) in [7, 11) is 1.42. The van der Waals surface area contributed by atoms with Gasteiger partial charge < -0.3 is 9.15 Å². The average molecular weight is 334 g/mol. The second-order valence-corrected chi connectivity index (χ2v) is 5.27. The van der Waals surface area contributed by atoms with Crippen molar-refractivity contribution in [3.05, 3.63) is 53.8 Å². The number of alkyl halides is 3. The molecule has 0 spiro atoms. The van der Waals surface area contributed by atoms with E-state index in [1.807, 2.05) is 0 Å². The van der Waals surface area contributed by atoms with Gasteiger partial charge in [-0.2, -0.15) is 13.2 Å². The first-order valence-electron chi connectivity index (χ1n) is 7.11. The Morgan fingerprint density at radius 1 is 1.08 bits per heavy atom. The number of rotatable bonds is 3. The quantitative estimate of drug-likeness (QED) is 0.608. The fraction of sp³-hybridized carbons (Fsp3) is 0.167. The van der Waals surface area contributed by atoms with E-state index in [4.69, 9.17) is 9.15 Å². The van der Waals surface area contributed by atoms with E-state index in [9.17, 15) is 18.0 Å². The molecule has 0 atom stereocenters. The number of halogens is 3. The molecule has 0 aliphatic rings. The van der Waals surface area contributed by atoms with Crippen LogP contribution in [0.1, 0.15) is 23.0 Å². The Labute approximate surface area is 135 Å². The Morgan fingerprint density at radius 2 is 1.79 bits per heavy atom. The number of carbonyl (C=O) groups is 1. The third kappa shape index (κ3) is 2.64. The number of ketones is 1. The van der Waals surface area contributed by atoms with E-state index in [2.05, 4.69) is 0 Å². The molecule has 2 aromatic carbocycles. The lowest BCUT2D eigenvalue weighted by atomic mass is 9.96. The molecule has 0 radical (unpaired) electrons. The molecule has 1 aromatic heterocycles. The van der Waals surface area contributed by atoms with Crippen molar-refractivity contribution in [2.45, 2.75) is 13.1 Å². The van der Waals surface area contributed by atoms with E-state index in [0.29, 0.717) is 16.7 Å². The molecule has 0 amide bonds. The Balaban J connectivity index is 2.34. The summed E-state index contributed by atoms with van der Waals surface area (Å²) in [5, 5.41) is 0.399. The molecule has 6 heteroatoms. The molecule has 3 nitrogen and oxygen atoms in total. The van der Waals surface area contributed by atoms with Gasteiger partial charge in [0, 0.05) is 12.3 Å². The zero-order valence-corrected chi connectivity index (χ0v) is 12.9. The van der Waals surface area contributed by atoms with Gasteiger partial charge in [0.15, 0.2) is 22.9 Å². The first kappa shape index (κ1) is 16.1. The number of carbonyl (C=O) groups excluding carboxylic acids is 1. The number of hydrogen-bond donors (Lipinski definition) is 0. The third-order valence-electron chi connectivity index (χ3n) is 3.74. The van der Waals surface area contributed by atoms with Crippen molar-refractivity contribution in [2.24, 2.45) is 0 Å². The number of Topliss-reactive ketones (excluding diaryl/α,β-unsaturated/α-hetero) is 1. The second-order valence-electron chi connectivity index (χ2n) is 5.27. The molecule has 0 saturated heterocycles. The van der Waals surface area contributed by atoms with Crippen LogP contribution in [0.25, 0.3) is 22.1 Å². The van der Waals surface area contributed by atoms with Gasteiger partial charge in [-0.3, -0.25) is 4.79 Å². The largest absolute Gasteiger partial charge is 0.493 e. The maximum Gasteiger partial charge on any atom is 0.417 e. The maximum atomic E-state index is 13.3. The molecule has 0 saturated carbocycles. The van der Waals surface area contributed by atoms with Crippen molar-refractivity contribution in [2.75, 3.05) is 7.11 Å². The average Bonchev–Trinajstić information content (AvgIpc) is 2.98. The van der Waals surface area contributed by atoms with Crippen LogP contribution >= 0.6 is 0 Å². The first-order chi connectivity index (χ1) is 11.3. The van der Waals surface area contributed by atoms with Gasteiger partial charge in [0.25, 0.3) is 0 Å². The molecule has 1 heterocycles. The van der Waals surface area contributed by atoms with Gasteiger partial charge in [-0.1, -0.05) is 18.2 Å². The molecular weight excluding hydrogens is 321 g/mol. The minimum absolute atomic E-state index is 0.0218. The Bertz CT molecular complexity index is 923. The van der Waals surface area contributed by atoms with Crippen molar-refractivity contribution < 1.29 is 27.1 Å². The summed E-state index contributed by atoms with van der Waals surface area (Å²) in [6, 6.07) is 9.80. The summed E-state index contributed by atoms with van der Waals surface area (Å²) < 4.78 is 50.6. The van der Waals surface area contributed by atoms with E-state index < -0.39 is 11.7 Å². The number of furan rings is 1. The number of fused-ring (bicyclic) bond motifs is 1. The van der Waals surface area contributed by atoms with Crippen LogP contribution in [0.5, 0.6) is 5.75 Å². The van der Waals surface area contributed by atoms with Crippen LogP contribution in [0.15, 0.2) is 46.9 Å². The molecule has 124 valence electrons. The van der Waals surface area contributed by atoms with Crippen LogP contribution in [-0.4, -0.2) is 12.9 Å². The Hall–Kier alpha value is -2.76. The number of methoxy groups -OCH3 is 1. The van der Waals surface area contributed by atoms with E-state index in [1.165, 1.54) is 50.4 Å². The highest BCUT2D eigenvalue weighted by molar-refractivity contribution is 6.03. The van der Waals surface area contributed by atoms with Gasteiger partial charge in [-0.15, -0.1) is 0 Å². The van der Waals surface area contributed by atoms with Crippen molar-refractivity contribution in [1.29, 1.82) is 0 Å². The van der Waals surface area contributed by atoms with E-state index >= 15 is 0 Å².